The minimum atomic E-state index is -0.244. The summed E-state index contributed by atoms with van der Waals surface area (Å²) in [6, 6.07) is 17.7. The van der Waals surface area contributed by atoms with Gasteiger partial charge in [0.1, 0.15) is 5.75 Å². The Hall–Kier alpha value is -2.66. The van der Waals surface area contributed by atoms with Crippen LogP contribution >= 0.6 is 0 Å². The highest BCUT2D eigenvalue weighted by molar-refractivity contribution is 6.21. The maximum atomic E-state index is 13.1. The van der Waals surface area contributed by atoms with Gasteiger partial charge in [0.2, 0.25) is 5.91 Å². The number of rotatable bonds is 7. The predicted molar refractivity (Wildman–Crippen MR) is 117 cm³/mol. The molecule has 0 aromatic heterocycles. The van der Waals surface area contributed by atoms with E-state index in [2.05, 4.69) is 37.3 Å². The highest BCUT2D eigenvalue weighted by Crippen LogP contribution is 2.25. The number of nitrogens with one attached hydrogen (secondary N) is 1. The Morgan fingerprint density at radius 2 is 1.70 bits per heavy atom. The number of carbonyl (C=O) groups excluding carboxylic acids is 2. The predicted octanol–water partition coefficient (Wildman–Crippen LogP) is 2.64. The number of hydrogen-bond acceptors (Lipinski definition) is 3. The molecule has 1 N–H and O–H groups in total. The Kier molecular flexibility index (Phi) is 6.48. The lowest BCUT2D eigenvalue weighted by molar-refractivity contribution is -0.920. The first-order chi connectivity index (χ1) is 14.7. The van der Waals surface area contributed by atoms with Gasteiger partial charge < -0.3 is 9.64 Å². The van der Waals surface area contributed by atoms with Crippen molar-refractivity contribution in [1.29, 1.82) is 0 Å². The number of hydrogen-bond donors (Lipinski definition) is 1. The Balaban J connectivity index is 1.35. The number of piperidine rings is 1. The highest BCUT2D eigenvalue weighted by atomic mass is 16.5. The Morgan fingerprint density at radius 3 is 2.37 bits per heavy atom. The molecule has 2 aliphatic heterocycles. The van der Waals surface area contributed by atoms with Crippen LogP contribution in [0.2, 0.25) is 0 Å². The van der Waals surface area contributed by atoms with Gasteiger partial charge in [0.05, 0.1) is 31.8 Å². The van der Waals surface area contributed by atoms with E-state index in [1.807, 2.05) is 24.3 Å². The molecule has 2 saturated heterocycles. The van der Waals surface area contributed by atoms with E-state index in [0.29, 0.717) is 24.6 Å². The fourth-order valence-corrected chi connectivity index (χ4v) is 4.68. The summed E-state index contributed by atoms with van der Waals surface area (Å²) < 4.78 is 5.60. The first-order valence-corrected chi connectivity index (χ1v) is 11.1. The minimum Gasteiger partial charge on any atom is -0.494 e. The van der Waals surface area contributed by atoms with E-state index in [1.54, 1.807) is 0 Å². The van der Waals surface area contributed by atoms with Crippen LogP contribution in [0.25, 0.3) is 0 Å². The first-order valence-electron chi connectivity index (χ1n) is 11.1. The summed E-state index contributed by atoms with van der Waals surface area (Å²) in [7, 11) is 0. The summed E-state index contributed by atoms with van der Waals surface area (Å²) >= 11 is 0. The van der Waals surface area contributed by atoms with Gasteiger partial charge in [-0.3, -0.25) is 9.59 Å². The number of nitrogens with zero attached hydrogens (tertiary/aromatic N) is 1. The molecule has 0 saturated carbocycles. The first kappa shape index (κ1) is 20.6. The van der Waals surface area contributed by atoms with Gasteiger partial charge in [0, 0.05) is 0 Å². The molecule has 2 amide bonds. The van der Waals surface area contributed by atoms with E-state index in [4.69, 9.17) is 4.74 Å². The van der Waals surface area contributed by atoms with Gasteiger partial charge in [-0.2, -0.15) is 0 Å². The van der Waals surface area contributed by atoms with E-state index in [9.17, 15) is 9.59 Å². The smallest absolute Gasteiger partial charge is 0.292 e. The number of quaternary nitrogens is 1. The molecule has 2 aromatic rings. The molecule has 0 unspecified atom stereocenters. The molecule has 5 nitrogen and oxygen atoms in total. The third kappa shape index (κ3) is 4.57. The lowest BCUT2D eigenvalue weighted by atomic mass is 9.89. The van der Waals surface area contributed by atoms with E-state index in [1.165, 1.54) is 15.4 Å². The van der Waals surface area contributed by atoms with Crippen molar-refractivity contribution in [2.75, 3.05) is 24.6 Å². The van der Waals surface area contributed by atoms with Crippen LogP contribution in [0.5, 0.6) is 5.75 Å². The number of anilines is 1. The van der Waals surface area contributed by atoms with Crippen molar-refractivity contribution in [2.24, 2.45) is 5.92 Å². The average molecular weight is 408 g/mol. The zero-order valence-electron chi connectivity index (χ0n) is 17.7. The molecule has 0 radical (unpaired) electrons. The van der Waals surface area contributed by atoms with E-state index < -0.39 is 0 Å². The quantitative estimate of drug-likeness (QED) is 0.718. The van der Waals surface area contributed by atoms with Crippen molar-refractivity contribution in [1.82, 2.24) is 0 Å². The molecular weight excluding hydrogens is 376 g/mol. The van der Waals surface area contributed by atoms with Crippen molar-refractivity contribution in [2.45, 2.75) is 45.1 Å². The minimum absolute atomic E-state index is 0.0567. The number of likely N-dealkylation sites (tertiary alicyclic amines) is 1. The summed E-state index contributed by atoms with van der Waals surface area (Å²) in [5.41, 5.74) is 2.03. The second-order valence-corrected chi connectivity index (χ2v) is 8.46. The lowest BCUT2D eigenvalue weighted by Gasteiger charge is -2.32. The number of amides is 2. The standard InChI is InChI=1S/C25H30N2O3/c1-2-16-30-22-10-8-21(9-11-22)27-24(28)18-23(25(27)29)26-14-12-20(13-15-26)17-19-6-4-3-5-7-19/h3-11,20,23H,2,12-18H2,1H3/p+1/t23-/m0/s1. The number of imide groups is 1. The molecule has 2 aromatic carbocycles. The summed E-state index contributed by atoms with van der Waals surface area (Å²) in [5, 5.41) is 0. The van der Waals surface area contributed by atoms with Gasteiger partial charge in [0.15, 0.2) is 6.04 Å². The van der Waals surface area contributed by atoms with Crippen molar-refractivity contribution < 1.29 is 19.2 Å². The number of ether oxygens (including phenoxy) is 1. The highest BCUT2D eigenvalue weighted by Gasteiger charge is 2.46. The Labute approximate surface area is 178 Å². The topological polar surface area (TPSA) is 51.0 Å². The summed E-state index contributed by atoms with van der Waals surface area (Å²) in [6.45, 7) is 4.63. The SMILES string of the molecule is CCCOc1ccc(N2C(=O)C[C@H]([NH+]3CCC(Cc4ccccc4)CC3)C2=O)cc1. The Morgan fingerprint density at radius 1 is 1.00 bits per heavy atom. The fraction of sp³-hybridized carbons (Fsp3) is 0.440. The third-order valence-electron chi connectivity index (χ3n) is 6.32. The van der Waals surface area contributed by atoms with Crippen LogP contribution in [0, 0.1) is 5.92 Å². The molecule has 2 heterocycles. The van der Waals surface area contributed by atoms with Gasteiger partial charge in [0.25, 0.3) is 5.91 Å². The molecule has 2 fully saturated rings. The van der Waals surface area contributed by atoms with Crippen LogP contribution in [-0.2, 0) is 16.0 Å². The van der Waals surface area contributed by atoms with E-state index >= 15 is 0 Å². The van der Waals surface area contributed by atoms with Gasteiger partial charge in [-0.05, 0) is 61.4 Å². The molecule has 158 valence electrons. The second kappa shape index (κ2) is 9.43. The summed E-state index contributed by atoms with van der Waals surface area (Å²) in [5.74, 6) is 1.28. The van der Waals surface area contributed by atoms with E-state index in [0.717, 1.165) is 44.5 Å². The van der Waals surface area contributed by atoms with E-state index in [-0.39, 0.29) is 17.9 Å². The van der Waals surface area contributed by atoms with Crippen LogP contribution in [0.3, 0.4) is 0 Å². The molecule has 1 atom stereocenters. The zero-order chi connectivity index (χ0) is 20.9. The molecular formula is C25H31N2O3+. The second-order valence-electron chi connectivity index (χ2n) is 8.46. The van der Waals surface area contributed by atoms with Crippen LogP contribution in [0.15, 0.2) is 54.6 Å². The van der Waals surface area contributed by atoms with Gasteiger partial charge in [-0.15, -0.1) is 0 Å². The number of benzene rings is 2. The maximum Gasteiger partial charge on any atom is 0.292 e. The van der Waals surface area contributed by atoms with Crippen LogP contribution in [-0.4, -0.2) is 37.6 Å². The summed E-state index contributed by atoms with van der Waals surface area (Å²) in [6.07, 6.45) is 4.56. The maximum absolute atomic E-state index is 13.1. The van der Waals surface area contributed by atoms with Crippen molar-refractivity contribution >= 4 is 17.5 Å². The largest absolute Gasteiger partial charge is 0.494 e. The van der Waals surface area contributed by atoms with Gasteiger partial charge >= 0.3 is 0 Å². The fourth-order valence-electron chi connectivity index (χ4n) is 4.68. The van der Waals surface area contributed by atoms with Gasteiger partial charge in [-0.25, -0.2) is 4.90 Å². The molecule has 0 spiro atoms. The lowest BCUT2D eigenvalue weighted by Crippen LogP contribution is -3.17. The molecule has 0 aliphatic carbocycles. The molecule has 0 bridgehead atoms. The van der Waals surface area contributed by atoms with Gasteiger partial charge in [-0.1, -0.05) is 37.3 Å². The molecule has 4 rings (SSSR count). The molecule has 30 heavy (non-hydrogen) atoms. The Bertz CT molecular complexity index is 858. The zero-order valence-corrected chi connectivity index (χ0v) is 17.7. The van der Waals surface area contributed by atoms with Crippen LogP contribution in [0.1, 0.15) is 38.2 Å². The average Bonchev–Trinajstić information content (AvgIpc) is 3.08. The van der Waals surface area contributed by atoms with Crippen molar-refractivity contribution in [3.8, 4) is 5.75 Å². The number of carbonyl (C=O) groups is 2. The third-order valence-corrected chi connectivity index (χ3v) is 6.32. The normalized spacial score (nSPS) is 24.3. The van der Waals surface area contributed by atoms with Crippen LogP contribution < -0.4 is 14.5 Å². The van der Waals surface area contributed by atoms with Crippen molar-refractivity contribution in [3.63, 3.8) is 0 Å². The van der Waals surface area contributed by atoms with Crippen LogP contribution in [0.4, 0.5) is 5.69 Å². The molecule has 2 aliphatic rings. The molecule has 5 heteroatoms. The summed E-state index contributed by atoms with van der Waals surface area (Å²) in [4.78, 5) is 28.4. The monoisotopic (exact) mass is 407 g/mol. The van der Waals surface area contributed by atoms with Crippen molar-refractivity contribution in [3.05, 3.63) is 60.2 Å².